The third-order valence-electron chi connectivity index (χ3n) is 7.92. The van der Waals surface area contributed by atoms with Gasteiger partial charge < -0.3 is 14.2 Å². The number of amides is 1. The van der Waals surface area contributed by atoms with Crippen molar-refractivity contribution < 1.29 is 13.6 Å². The lowest BCUT2D eigenvalue weighted by Gasteiger charge is -2.40. The van der Waals surface area contributed by atoms with Crippen molar-refractivity contribution in [1.82, 2.24) is 24.4 Å². The van der Waals surface area contributed by atoms with Crippen LogP contribution in [0, 0.1) is 12.7 Å². The minimum Gasteiger partial charge on any atom is -0.464 e. The number of rotatable bonds is 5. The zero-order valence-electron chi connectivity index (χ0n) is 24.3. The SMILES string of the molecule is C=CC(=O)N1CCN(c2nc(=O)n(-c3c(C)ccnc3C(C)C)c3nc(-c4c(F)ccc5ccoc45)c(Cl)cc23)[C@@H](C)C1. The number of aryl methyl sites for hydroxylation is 1. The molecule has 11 heteroatoms. The van der Waals surface area contributed by atoms with E-state index in [1.165, 1.54) is 23.0 Å². The van der Waals surface area contributed by atoms with Crippen LogP contribution in [0.4, 0.5) is 10.2 Å². The van der Waals surface area contributed by atoms with E-state index in [0.717, 1.165) is 5.56 Å². The van der Waals surface area contributed by atoms with E-state index in [-0.39, 0.29) is 39.8 Å². The molecule has 1 atom stereocenters. The smallest absolute Gasteiger partial charge is 0.355 e. The molecular formula is C32H30ClFN6O3. The maximum atomic E-state index is 15.5. The zero-order valence-corrected chi connectivity index (χ0v) is 25.0. The van der Waals surface area contributed by atoms with Crippen LogP contribution in [0.25, 0.3) is 38.9 Å². The molecule has 1 amide bonds. The molecule has 5 aromatic rings. The average Bonchev–Trinajstić information content (AvgIpc) is 3.46. The van der Waals surface area contributed by atoms with Gasteiger partial charge in [0.05, 0.1) is 39.3 Å². The summed E-state index contributed by atoms with van der Waals surface area (Å²) in [7, 11) is 0. The van der Waals surface area contributed by atoms with Crippen molar-refractivity contribution in [2.75, 3.05) is 24.5 Å². The van der Waals surface area contributed by atoms with Gasteiger partial charge in [0.25, 0.3) is 0 Å². The van der Waals surface area contributed by atoms with E-state index in [4.69, 9.17) is 21.0 Å². The van der Waals surface area contributed by atoms with Gasteiger partial charge in [0, 0.05) is 37.3 Å². The Kier molecular flexibility index (Phi) is 7.25. The average molecular weight is 601 g/mol. The third kappa shape index (κ3) is 4.75. The van der Waals surface area contributed by atoms with Gasteiger partial charge in [0.2, 0.25) is 5.91 Å². The van der Waals surface area contributed by atoms with Gasteiger partial charge in [-0.25, -0.2) is 18.7 Å². The monoisotopic (exact) mass is 600 g/mol. The Hall–Kier alpha value is -4.57. The molecule has 0 aliphatic carbocycles. The molecule has 0 radical (unpaired) electrons. The van der Waals surface area contributed by atoms with Crippen LogP contribution >= 0.6 is 11.6 Å². The second kappa shape index (κ2) is 10.9. The summed E-state index contributed by atoms with van der Waals surface area (Å²) in [5, 5.41) is 1.37. The van der Waals surface area contributed by atoms with Gasteiger partial charge in [-0.15, -0.1) is 0 Å². The van der Waals surface area contributed by atoms with Crippen LogP contribution in [0.3, 0.4) is 0 Å². The first-order valence-corrected chi connectivity index (χ1v) is 14.4. The highest BCUT2D eigenvalue weighted by atomic mass is 35.5. The molecule has 5 heterocycles. The highest BCUT2D eigenvalue weighted by Crippen LogP contribution is 2.39. The molecule has 1 aromatic carbocycles. The second-order valence-corrected chi connectivity index (χ2v) is 11.5. The molecule has 4 aromatic heterocycles. The Bertz CT molecular complexity index is 1980. The number of nitrogens with zero attached hydrogens (tertiary/aromatic N) is 6. The summed E-state index contributed by atoms with van der Waals surface area (Å²) in [4.78, 5) is 44.2. The molecule has 43 heavy (non-hydrogen) atoms. The minimum absolute atomic E-state index is 0.0203. The zero-order chi connectivity index (χ0) is 30.6. The Morgan fingerprint density at radius 1 is 1.21 bits per heavy atom. The largest absolute Gasteiger partial charge is 0.464 e. The molecule has 1 aliphatic heterocycles. The van der Waals surface area contributed by atoms with Crippen molar-refractivity contribution >= 4 is 45.3 Å². The van der Waals surface area contributed by atoms with E-state index < -0.39 is 11.5 Å². The van der Waals surface area contributed by atoms with Crippen LogP contribution in [0.1, 0.15) is 37.9 Å². The minimum atomic E-state index is -0.560. The summed E-state index contributed by atoms with van der Waals surface area (Å²) in [6.07, 6.45) is 4.48. The first-order chi connectivity index (χ1) is 20.6. The van der Waals surface area contributed by atoms with E-state index in [1.54, 1.807) is 29.3 Å². The summed E-state index contributed by atoms with van der Waals surface area (Å²) in [6, 6.07) is 8.02. The Balaban J connectivity index is 1.67. The van der Waals surface area contributed by atoms with Crippen molar-refractivity contribution in [2.24, 2.45) is 0 Å². The number of hydrogen-bond acceptors (Lipinski definition) is 7. The fourth-order valence-electron chi connectivity index (χ4n) is 5.82. The summed E-state index contributed by atoms with van der Waals surface area (Å²) < 4.78 is 22.6. The number of fused-ring (bicyclic) bond motifs is 2. The highest BCUT2D eigenvalue weighted by Gasteiger charge is 2.31. The topological polar surface area (TPSA) is 97.4 Å². The molecular weight excluding hydrogens is 571 g/mol. The van der Waals surface area contributed by atoms with Crippen molar-refractivity contribution in [3.63, 3.8) is 0 Å². The molecule has 1 aliphatic rings. The molecule has 0 unspecified atom stereocenters. The predicted octanol–water partition coefficient (Wildman–Crippen LogP) is 6.04. The van der Waals surface area contributed by atoms with Gasteiger partial charge in [-0.2, -0.15) is 4.98 Å². The Labute approximate surface area is 252 Å². The van der Waals surface area contributed by atoms with Gasteiger partial charge in [-0.3, -0.25) is 9.78 Å². The molecule has 0 bridgehead atoms. The maximum Gasteiger partial charge on any atom is 0.355 e. The van der Waals surface area contributed by atoms with Gasteiger partial charge in [-0.1, -0.05) is 32.0 Å². The lowest BCUT2D eigenvalue weighted by molar-refractivity contribution is -0.126. The summed E-state index contributed by atoms with van der Waals surface area (Å²) in [6.45, 7) is 12.7. The predicted molar refractivity (Wildman–Crippen MR) is 166 cm³/mol. The summed E-state index contributed by atoms with van der Waals surface area (Å²) >= 11 is 6.88. The number of aromatic nitrogens is 4. The van der Waals surface area contributed by atoms with Crippen LogP contribution in [-0.2, 0) is 4.79 Å². The fourth-order valence-corrected chi connectivity index (χ4v) is 6.06. The van der Waals surface area contributed by atoms with Crippen LogP contribution < -0.4 is 10.6 Å². The van der Waals surface area contributed by atoms with E-state index in [0.29, 0.717) is 53.2 Å². The molecule has 220 valence electrons. The number of hydrogen-bond donors (Lipinski definition) is 0. The number of anilines is 1. The first-order valence-electron chi connectivity index (χ1n) is 14.0. The fraction of sp³-hybridized carbons (Fsp3) is 0.281. The number of carbonyl (C=O) groups is 1. The van der Waals surface area contributed by atoms with Gasteiger partial charge in [0.15, 0.2) is 5.65 Å². The highest BCUT2D eigenvalue weighted by molar-refractivity contribution is 6.34. The van der Waals surface area contributed by atoms with Crippen LogP contribution in [0.15, 0.2) is 64.7 Å². The van der Waals surface area contributed by atoms with Crippen LogP contribution in [0.2, 0.25) is 5.02 Å². The molecule has 6 rings (SSSR count). The number of furan rings is 1. The molecule has 9 nitrogen and oxygen atoms in total. The van der Waals surface area contributed by atoms with Crippen molar-refractivity contribution in [2.45, 2.75) is 39.7 Å². The van der Waals surface area contributed by atoms with Gasteiger partial charge in [-0.05, 0) is 61.7 Å². The number of benzene rings is 1. The quantitative estimate of drug-likeness (QED) is 0.227. The summed E-state index contributed by atoms with van der Waals surface area (Å²) in [5.74, 6) is -0.347. The first kappa shape index (κ1) is 28.5. The van der Waals surface area contributed by atoms with Crippen LogP contribution in [0.5, 0.6) is 0 Å². The van der Waals surface area contributed by atoms with E-state index >= 15 is 4.39 Å². The van der Waals surface area contributed by atoms with E-state index in [1.807, 2.05) is 38.7 Å². The van der Waals surface area contributed by atoms with Crippen molar-refractivity contribution in [3.05, 3.63) is 88.0 Å². The Morgan fingerprint density at radius 2 is 2.00 bits per heavy atom. The molecule has 0 N–H and O–H groups in total. The number of piperazine rings is 1. The molecule has 1 saturated heterocycles. The number of halogens is 2. The number of pyridine rings is 2. The van der Waals surface area contributed by atoms with E-state index in [2.05, 4.69) is 16.5 Å². The van der Waals surface area contributed by atoms with Gasteiger partial charge in [0.1, 0.15) is 17.2 Å². The molecule has 0 spiro atoms. The Morgan fingerprint density at radius 3 is 2.72 bits per heavy atom. The van der Waals surface area contributed by atoms with Gasteiger partial charge >= 0.3 is 5.69 Å². The van der Waals surface area contributed by atoms with E-state index in [9.17, 15) is 9.59 Å². The standard InChI is InChI=1S/C32H30ClFN6O3/c1-6-24(41)38-12-13-39(19(5)16-38)30-21-15-22(33)27(25-23(34)8-7-20-10-14-43-29(20)25)36-31(21)40(32(42)37-30)28-18(4)9-11-35-26(28)17(2)3/h6-11,14-15,17,19H,1,12-13,16H2,2-5H3/t19-/m0/s1. The third-order valence-corrected chi connectivity index (χ3v) is 8.21. The molecule has 0 saturated carbocycles. The lowest BCUT2D eigenvalue weighted by atomic mass is 10.0. The van der Waals surface area contributed by atoms with Crippen LogP contribution in [-0.4, -0.2) is 56.0 Å². The second-order valence-electron chi connectivity index (χ2n) is 11.1. The molecule has 1 fully saturated rings. The van der Waals surface area contributed by atoms with Crippen molar-refractivity contribution in [3.8, 4) is 16.9 Å². The lowest BCUT2D eigenvalue weighted by Crippen LogP contribution is -2.54. The number of carbonyl (C=O) groups excluding carboxylic acids is 1. The van der Waals surface area contributed by atoms with Crippen molar-refractivity contribution in [1.29, 1.82) is 0 Å². The normalized spacial score (nSPS) is 15.6. The maximum absolute atomic E-state index is 15.5. The summed E-state index contributed by atoms with van der Waals surface area (Å²) in [5.41, 5.74) is 2.30.